The number of halogens is 1. The normalized spacial score (nSPS) is 15.7. The second kappa shape index (κ2) is 11.9. The van der Waals surface area contributed by atoms with Gasteiger partial charge in [-0.1, -0.05) is 121 Å². The lowest BCUT2D eigenvalue weighted by atomic mass is 9.67. The lowest BCUT2D eigenvalue weighted by molar-refractivity contribution is -0.0213. The summed E-state index contributed by atoms with van der Waals surface area (Å²) in [4.78, 5) is 2.54. The molecule has 0 atom stereocenters. The minimum atomic E-state index is -0.604. The van der Waals surface area contributed by atoms with Crippen molar-refractivity contribution >= 4 is 12.4 Å². The highest BCUT2D eigenvalue weighted by Gasteiger charge is 2.38. The summed E-state index contributed by atoms with van der Waals surface area (Å²) < 4.78 is 0. The first-order chi connectivity index (χ1) is 17.2. The standard InChI is InChI=1S/C33H35NO.ClH/c35-32(27-28-13-5-1-6-14-28)21-24-34(25-22-32)26-23-33(29-15-7-2-8-16-29,30-17-9-3-10-18-30)31-19-11-4-12-20-31;/h1-20,35H,21-27H2;1H. The number of hydrogen-bond acceptors (Lipinski definition) is 2. The van der Waals surface area contributed by atoms with Crippen molar-refractivity contribution in [1.29, 1.82) is 0 Å². The number of likely N-dealkylation sites (tertiary alicyclic amines) is 1. The van der Waals surface area contributed by atoms with Crippen LogP contribution in [0.5, 0.6) is 0 Å². The Kier molecular flexibility index (Phi) is 8.64. The minimum Gasteiger partial charge on any atom is -0.389 e. The maximum Gasteiger partial charge on any atom is 0.0712 e. The van der Waals surface area contributed by atoms with Crippen LogP contribution in [0, 0.1) is 0 Å². The van der Waals surface area contributed by atoms with Gasteiger partial charge in [-0.2, -0.15) is 0 Å². The number of rotatable bonds is 8. The van der Waals surface area contributed by atoms with Gasteiger partial charge in [0.15, 0.2) is 0 Å². The van der Waals surface area contributed by atoms with E-state index in [0.717, 1.165) is 45.3 Å². The van der Waals surface area contributed by atoms with Gasteiger partial charge in [0.2, 0.25) is 0 Å². The van der Waals surface area contributed by atoms with E-state index in [1.54, 1.807) is 0 Å². The first-order valence-electron chi connectivity index (χ1n) is 12.8. The molecule has 0 amide bonds. The maximum absolute atomic E-state index is 11.3. The Hall–Kier alpha value is -2.91. The van der Waals surface area contributed by atoms with Crippen LogP contribution >= 0.6 is 12.4 Å². The van der Waals surface area contributed by atoms with Crippen LogP contribution in [0.4, 0.5) is 0 Å². The average molecular weight is 498 g/mol. The van der Waals surface area contributed by atoms with E-state index in [-0.39, 0.29) is 17.8 Å². The van der Waals surface area contributed by atoms with E-state index < -0.39 is 5.60 Å². The van der Waals surface area contributed by atoms with Crippen molar-refractivity contribution in [2.45, 2.75) is 36.7 Å². The molecular formula is C33H36ClNO. The monoisotopic (exact) mass is 497 g/mol. The molecule has 0 radical (unpaired) electrons. The molecule has 2 nitrogen and oxygen atoms in total. The Morgan fingerprint density at radius 3 is 1.42 bits per heavy atom. The fraction of sp³-hybridized carbons (Fsp3) is 0.273. The fourth-order valence-corrected chi connectivity index (χ4v) is 5.77. The third-order valence-corrected chi connectivity index (χ3v) is 7.77. The van der Waals surface area contributed by atoms with Crippen LogP contribution in [0.25, 0.3) is 0 Å². The van der Waals surface area contributed by atoms with Crippen LogP contribution in [0.15, 0.2) is 121 Å². The summed E-state index contributed by atoms with van der Waals surface area (Å²) in [5, 5.41) is 11.3. The summed E-state index contributed by atoms with van der Waals surface area (Å²) >= 11 is 0. The van der Waals surface area contributed by atoms with Gasteiger partial charge in [0.25, 0.3) is 0 Å². The zero-order chi connectivity index (χ0) is 24.0. The van der Waals surface area contributed by atoms with Gasteiger partial charge in [0.1, 0.15) is 0 Å². The van der Waals surface area contributed by atoms with Crippen molar-refractivity contribution < 1.29 is 5.11 Å². The van der Waals surface area contributed by atoms with Gasteiger partial charge in [0, 0.05) is 24.9 Å². The highest BCUT2D eigenvalue weighted by Crippen LogP contribution is 2.42. The molecule has 4 aromatic carbocycles. The fourth-order valence-electron chi connectivity index (χ4n) is 5.77. The van der Waals surface area contributed by atoms with Gasteiger partial charge in [0.05, 0.1) is 5.60 Å². The highest BCUT2D eigenvalue weighted by atomic mass is 35.5. The zero-order valence-electron chi connectivity index (χ0n) is 20.8. The zero-order valence-corrected chi connectivity index (χ0v) is 21.6. The van der Waals surface area contributed by atoms with Crippen molar-refractivity contribution in [2.75, 3.05) is 19.6 Å². The summed E-state index contributed by atoms with van der Waals surface area (Å²) in [6, 6.07) is 43.3. The number of nitrogens with zero attached hydrogens (tertiary/aromatic N) is 1. The number of benzene rings is 4. The Morgan fingerprint density at radius 2 is 1.00 bits per heavy atom. The second-order valence-corrected chi connectivity index (χ2v) is 9.98. The predicted molar refractivity (Wildman–Crippen MR) is 152 cm³/mol. The molecule has 5 rings (SSSR count). The largest absolute Gasteiger partial charge is 0.389 e. The predicted octanol–water partition coefficient (Wildman–Crippen LogP) is 6.90. The molecule has 0 bridgehead atoms. The van der Waals surface area contributed by atoms with Gasteiger partial charge in [-0.05, 0) is 48.1 Å². The van der Waals surface area contributed by atoms with Crippen LogP contribution in [-0.4, -0.2) is 35.2 Å². The number of aliphatic hydroxyl groups is 1. The van der Waals surface area contributed by atoms with E-state index in [2.05, 4.69) is 120 Å². The lowest BCUT2D eigenvalue weighted by Crippen LogP contribution is -2.47. The molecule has 1 heterocycles. The van der Waals surface area contributed by atoms with Crippen molar-refractivity contribution in [1.82, 2.24) is 4.90 Å². The number of hydrogen-bond donors (Lipinski definition) is 1. The third kappa shape index (κ3) is 5.73. The molecule has 186 valence electrons. The first kappa shape index (κ1) is 26.2. The third-order valence-electron chi connectivity index (χ3n) is 7.77. The molecule has 1 N–H and O–H groups in total. The van der Waals surface area contributed by atoms with Crippen molar-refractivity contribution in [3.8, 4) is 0 Å². The van der Waals surface area contributed by atoms with Crippen LogP contribution < -0.4 is 0 Å². The van der Waals surface area contributed by atoms with Gasteiger partial charge >= 0.3 is 0 Å². The molecule has 1 aliphatic heterocycles. The molecule has 0 unspecified atom stereocenters. The van der Waals surface area contributed by atoms with Gasteiger partial charge in [-0.15, -0.1) is 12.4 Å². The molecule has 4 aromatic rings. The summed E-state index contributed by atoms with van der Waals surface area (Å²) in [7, 11) is 0. The van der Waals surface area contributed by atoms with Crippen molar-refractivity contribution in [3.05, 3.63) is 144 Å². The Balaban J connectivity index is 0.00000304. The smallest absolute Gasteiger partial charge is 0.0712 e. The minimum absolute atomic E-state index is 0. The summed E-state index contributed by atoms with van der Waals surface area (Å²) in [5.41, 5.74) is 4.38. The van der Waals surface area contributed by atoms with E-state index in [9.17, 15) is 5.11 Å². The molecule has 1 fully saturated rings. The summed E-state index contributed by atoms with van der Waals surface area (Å²) in [6.45, 7) is 2.84. The first-order valence-corrected chi connectivity index (χ1v) is 12.8. The van der Waals surface area contributed by atoms with E-state index >= 15 is 0 Å². The topological polar surface area (TPSA) is 23.5 Å². The molecule has 0 saturated carbocycles. The van der Waals surface area contributed by atoms with Crippen LogP contribution in [0.1, 0.15) is 41.5 Å². The molecule has 0 spiro atoms. The van der Waals surface area contributed by atoms with Gasteiger partial charge in [-0.3, -0.25) is 0 Å². The molecular weight excluding hydrogens is 462 g/mol. The molecule has 0 aromatic heterocycles. The quantitative estimate of drug-likeness (QED) is 0.267. The van der Waals surface area contributed by atoms with Crippen molar-refractivity contribution in [3.63, 3.8) is 0 Å². The van der Waals surface area contributed by atoms with Gasteiger partial charge < -0.3 is 10.0 Å². The Bertz CT molecular complexity index is 1080. The van der Waals surface area contributed by atoms with E-state index in [4.69, 9.17) is 0 Å². The molecule has 1 aliphatic rings. The number of piperidine rings is 1. The molecule has 0 aliphatic carbocycles. The lowest BCUT2D eigenvalue weighted by Gasteiger charge is -2.41. The van der Waals surface area contributed by atoms with E-state index in [0.29, 0.717) is 0 Å². The average Bonchev–Trinajstić information content (AvgIpc) is 2.92. The maximum atomic E-state index is 11.3. The Morgan fingerprint density at radius 1 is 0.611 bits per heavy atom. The van der Waals surface area contributed by atoms with E-state index in [1.807, 2.05) is 6.07 Å². The van der Waals surface area contributed by atoms with Crippen LogP contribution in [0.3, 0.4) is 0 Å². The summed E-state index contributed by atoms with van der Waals surface area (Å²) in [5.74, 6) is 0. The van der Waals surface area contributed by atoms with Crippen LogP contribution in [-0.2, 0) is 11.8 Å². The molecule has 3 heteroatoms. The molecule has 36 heavy (non-hydrogen) atoms. The van der Waals surface area contributed by atoms with Crippen molar-refractivity contribution in [2.24, 2.45) is 0 Å². The summed E-state index contributed by atoms with van der Waals surface area (Å²) in [6.07, 6.45) is 3.36. The molecule has 1 saturated heterocycles. The van der Waals surface area contributed by atoms with Gasteiger partial charge in [-0.25, -0.2) is 0 Å². The Labute approximate surface area is 222 Å². The van der Waals surface area contributed by atoms with Crippen LogP contribution in [0.2, 0.25) is 0 Å². The SMILES string of the molecule is Cl.OC1(Cc2ccccc2)CCN(CCC(c2ccccc2)(c2ccccc2)c2ccccc2)CC1. The highest BCUT2D eigenvalue weighted by molar-refractivity contribution is 5.85. The second-order valence-electron chi connectivity index (χ2n) is 9.98. The van der Waals surface area contributed by atoms with E-state index in [1.165, 1.54) is 22.3 Å².